The Morgan fingerprint density at radius 3 is 2.43 bits per heavy atom. The maximum Gasteiger partial charge on any atom is 0.259 e. The maximum atomic E-state index is 12.9. The second-order valence-corrected chi connectivity index (χ2v) is 7.15. The third-order valence-corrected chi connectivity index (χ3v) is 4.41. The van der Waals surface area contributed by atoms with Crippen molar-refractivity contribution in [1.29, 1.82) is 0 Å². The summed E-state index contributed by atoms with van der Waals surface area (Å²) in [7, 11) is 0. The van der Waals surface area contributed by atoms with E-state index < -0.39 is 0 Å². The molecular weight excluding hydrogens is 290 g/mol. The van der Waals surface area contributed by atoms with Gasteiger partial charge in [0.05, 0.1) is 10.9 Å². The molecule has 0 spiro atoms. The number of benzene rings is 1. The number of pyridine rings is 1. The Hall–Kier alpha value is -2.30. The minimum absolute atomic E-state index is 0.185. The highest BCUT2D eigenvalue weighted by Crippen LogP contribution is 2.25. The summed E-state index contributed by atoms with van der Waals surface area (Å²) in [5.74, 6) is -0.185. The molecule has 5 nitrogen and oxygen atoms in total. The molecule has 1 aliphatic heterocycles. The van der Waals surface area contributed by atoms with Crippen molar-refractivity contribution in [3.05, 3.63) is 40.2 Å². The van der Waals surface area contributed by atoms with E-state index in [4.69, 9.17) is 5.73 Å². The first-order valence-electron chi connectivity index (χ1n) is 8.04. The van der Waals surface area contributed by atoms with E-state index in [0.717, 1.165) is 31.4 Å². The Morgan fingerprint density at radius 1 is 1.17 bits per heavy atom. The zero-order chi connectivity index (χ0) is 16.8. The summed E-state index contributed by atoms with van der Waals surface area (Å²) in [5, 5.41) is 0.437. The monoisotopic (exact) mass is 313 g/mol. The lowest BCUT2D eigenvalue weighted by Gasteiger charge is -2.27. The van der Waals surface area contributed by atoms with Gasteiger partial charge in [-0.3, -0.25) is 9.59 Å². The number of anilines is 1. The van der Waals surface area contributed by atoms with Gasteiger partial charge in [0.25, 0.3) is 5.91 Å². The first kappa shape index (κ1) is 15.6. The molecule has 1 aromatic heterocycles. The van der Waals surface area contributed by atoms with E-state index >= 15 is 0 Å². The molecule has 0 saturated carbocycles. The fraction of sp³-hybridized carbons (Fsp3) is 0.444. The summed E-state index contributed by atoms with van der Waals surface area (Å²) >= 11 is 0. The van der Waals surface area contributed by atoms with Gasteiger partial charge in [-0.2, -0.15) is 0 Å². The summed E-state index contributed by atoms with van der Waals surface area (Å²) in [4.78, 5) is 27.4. The molecule has 1 aliphatic rings. The number of nitrogens with zero attached hydrogens (tertiary/aromatic N) is 2. The Morgan fingerprint density at radius 2 is 1.83 bits per heavy atom. The van der Waals surface area contributed by atoms with Crippen molar-refractivity contribution in [3.8, 4) is 0 Å². The normalized spacial score (nSPS) is 15.3. The van der Waals surface area contributed by atoms with Gasteiger partial charge < -0.3 is 15.2 Å². The van der Waals surface area contributed by atoms with Gasteiger partial charge in [0.1, 0.15) is 5.56 Å². The second kappa shape index (κ2) is 5.41. The lowest BCUT2D eigenvalue weighted by atomic mass is 10.0. The van der Waals surface area contributed by atoms with Gasteiger partial charge in [-0.05, 0) is 45.7 Å². The van der Waals surface area contributed by atoms with Crippen molar-refractivity contribution in [1.82, 2.24) is 9.47 Å². The molecule has 5 heteroatoms. The topological polar surface area (TPSA) is 68.3 Å². The Bertz CT molecular complexity index is 825. The van der Waals surface area contributed by atoms with Crippen LogP contribution in [-0.4, -0.2) is 28.5 Å². The quantitative estimate of drug-likeness (QED) is 0.823. The highest BCUT2D eigenvalue weighted by molar-refractivity contribution is 6.00. The summed E-state index contributed by atoms with van der Waals surface area (Å²) in [6, 6.07) is 5.42. The lowest BCUT2D eigenvalue weighted by molar-refractivity contribution is 0.0790. The van der Waals surface area contributed by atoms with E-state index in [1.165, 1.54) is 0 Å². The molecule has 2 aromatic rings. The average molecular weight is 313 g/mol. The van der Waals surface area contributed by atoms with Gasteiger partial charge >= 0.3 is 0 Å². The molecule has 122 valence electrons. The molecule has 1 amide bonds. The van der Waals surface area contributed by atoms with Crippen molar-refractivity contribution in [2.24, 2.45) is 0 Å². The van der Waals surface area contributed by atoms with Crippen LogP contribution in [0.1, 0.15) is 44.0 Å². The van der Waals surface area contributed by atoms with E-state index in [1.54, 1.807) is 17.2 Å². The third kappa shape index (κ3) is 2.60. The van der Waals surface area contributed by atoms with E-state index in [1.807, 2.05) is 37.5 Å². The van der Waals surface area contributed by atoms with Gasteiger partial charge in [-0.15, -0.1) is 0 Å². The van der Waals surface area contributed by atoms with Crippen molar-refractivity contribution >= 4 is 22.5 Å². The van der Waals surface area contributed by atoms with Gasteiger partial charge in [0, 0.05) is 30.5 Å². The zero-order valence-corrected chi connectivity index (χ0v) is 13.9. The predicted molar refractivity (Wildman–Crippen MR) is 92.8 cm³/mol. The molecule has 23 heavy (non-hydrogen) atoms. The van der Waals surface area contributed by atoms with Gasteiger partial charge in [-0.1, -0.05) is 6.07 Å². The molecule has 1 aromatic carbocycles. The van der Waals surface area contributed by atoms with Crippen LogP contribution >= 0.6 is 0 Å². The van der Waals surface area contributed by atoms with Crippen LogP contribution < -0.4 is 11.2 Å². The molecule has 0 aliphatic carbocycles. The number of carbonyl (C=O) groups is 1. The Kier molecular flexibility index (Phi) is 3.66. The largest absolute Gasteiger partial charge is 0.398 e. The molecular formula is C18H23N3O2. The molecule has 1 saturated heterocycles. The molecule has 0 radical (unpaired) electrons. The number of aromatic nitrogens is 1. The lowest BCUT2D eigenvalue weighted by Crippen LogP contribution is -2.34. The first-order chi connectivity index (χ1) is 10.8. The molecule has 1 fully saturated rings. The van der Waals surface area contributed by atoms with E-state index in [9.17, 15) is 9.59 Å². The third-order valence-electron chi connectivity index (χ3n) is 4.41. The average Bonchev–Trinajstić information content (AvgIpc) is 2.99. The number of fused-ring (bicyclic) bond motifs is 1. The summed E-state index contributed by atoms with van der Waals surface area (Å²) in [6.07, 6.45) is 3.69. The van der Waals surface area contributed by atoms with Crippen LogP contribution in [0.3, 0.4) is 0 Å². The number of carbonyl (C=O) groups excluding carboxylic acids is 1. The van der Waals surface area contributed by atoms with Crippen molar-refractivity contribution in [2.45, 2.75) is 39.2 Å². The van der Waals surface area contributed by atoms with Crippen LogP contribution in [0.5, 0.6) is 0 Å². The fourth-order valence-electron chi connectivity index (χ4n) is 3.20. The van der Waals surface area contributed by atoms with Crippen LogP contribution in [0.2, 0.25) is 0 Å². The predicted octanol–water partition coefficient (Wildman–Crippen LogP) is 2.57. The Labute approximate surface area is 135 Å². The van der Waals surface area contributed by atoms with Crippen LogP contribution in [0.4, 0.5) is 5.69 Å². The number of nitrogens with two attached hydrogens (primary N) is 1. The summed E-state index contributed by atoms with van der Waals surface area (Å²) in [5.41, 5.74) is 6.92. The molecule has 3 rings (SSSR count). The van der Waals surface area contributed by atoms with E-state index in [0.29, 0.717) is 11.1 Å². The maximum absolute atomic E-state index is 12.9. The summed E-state index contributed by atoms with van der Waals surface area (Å²) < 4.78 is 1.98. The number of rotatable bonds is 1. The molecule has 0 unspecified atom stereocenters. The van der Waals surface area contributed by atoms with Crippen LogP contribution in [0, 0.1) is 0 Å². The molecule has 0 bridgehead atoms. The number of nitrogen functional groups attached to an aromatic ring is 1. The fourth-order valence-corrected chi connectivity index (χ4v) is 3.20. The van der Waals surface area contributed by atoms with Crippen molar-refractivity contribution in [2.75, 3.05) is 18.8 Å². The minimum Gasteiger partial charge on any atom is -0.398 e. The second-order valence-electron chi connectivity index (χ2n) is 7.15. The zero-order valence-electron chi connectivity index (χ0n) is 13.9. The van der Waals surface area contributed by atoms with Crippen LogP contribution in [0.25, 0.3) is 10.9 Å². The standard InChI is InChI=1S/C18H23N3O2/c1-18(2,3)21-11-12(17(23)20-9-4-5-10-20)16(22)15-13(19)7-6-8-14(15)21/h6-8,11H,4-5,9-10,19H2,1-3H3. The van der Waals surface area contributed by atoms with Crippen LogP contribution in [0.15, 0.2) is 29.2 Å². The first-order valence-corrected chi connectivity index (χ1v) is 8.04. The van der Waals surface area contributed by atoms with Crippen molar-refractivity contribution in [3.63, 3.8) is 0 Å². The minimum atomic E-state index is -0.268. The van der Waals surface area contributed by atoms with E-state index in [-0.39, 0.29) is 22.4 Å². The Balaban J connectivity index is 2.31. The van der Waals surface area contributed by atoms with Crippen LogP contribution in [-0.2, 0) is 5.54 Å². The molecule has 0 atom stereocenters. The van der Waals surface area contributed by atoms with E-state index in [2.05, 4.69) is 0 Å². The highest BCUT2D eigenvalue weighted by atomic mass is 16.2. The SMILES string of the molecule is CC(C)(C)n1cc(C(=O)N2CCCC2)c(=O)c2c(N)cccc21. The highest BCUT2D eigenvalue weighted by Gasteiger charge is 2.26. The smallest absolute Gasteiger partial charge is 0.259 e. The number of hydrogen-bond donors (Lipinski definition) is 1. The van der Waals surface area contributed by atoms with Gasteiger partial charge in [-0.25, -0.2) is 0 Å². The molecule has 2 heterocycles. The number of hydrogen-bond acceptors (Lipinski definition) is 3. The number of likely N-dealkylation sites (tertiary alicyclic amines) is 1. The van der Waals surface area contributed by atoms with Crippen molar-refractivity contribution < 1.29 is 4.79 Å². The van der Waals surface area contributed by atoms with Gasteiger partial charge in [0.2, 0.25) is 5.43 Å². The summed E-state index contributed by atoms with van der Waals surface area (Å²) in [6.45, 7) is 7.57. The van der Waals surface area contributed by atoms with Gasteiger partial charge in [0.15, 0.2) is 0 Å². The number of amides is 1. The molecule has 2 N–H and O–H groups in total.